The second-order valence-corrected chi connectivity index (χ2v) is 4.50. The van der Waals surface area contributed by atoms with Gasteiger partial charge in [0.05, 0.1) is 17.6 Å². The molecule has 0 saturated carbocycles. The van der Waals surface area contributed by atoms with Gasteiger partial charge in [-0.3, -0.25) is 4.99 Å². The van der Waals surface area contributed by atoms with Crippen LogP contribution in [0.1, 0.15) is 5.82 Å². The zero-order chi connectivity index (χ0) is 12.4. The van der Waals surface area contributed by atoms with Crippen LogP contribution in [0, 0.1) is 0 Å². The van der Waals surface area contributed by atoms with Crippen molar-refractivity contribution in [3.63, 3.8) is 0 Å². The van der Waals surface area contributed by atoms with Crippen LogP contribution in [-0.2, 0) is 6.42 Å². The highest BCUT2D eigenvalue weighted by molar-refractivity contribution is 5.81. The maximum absolute atomic E-state index is 4.55. The lowest BCUT2D eigenvalue weighted by molar-refractivity contribution is 0.534. The largest absolute Gasteiger partial charge is 0.356 e. The number of rotatable bonds is 3. The van der Waals surface area contributed by atoms with Crippen molar-refractivity contribution in [3.8, 4) is 0 Å². The topological polar surface area (TPSA) is 56.3 Å². The van der Waals surface area contributed by atoms with Gasteiger partial charge in [-0.2, -0.15) is 0 Å². The van der Waals surface area contributed by atoms with E-state index in [-0.39, 0.29) is 0 Å². The molecular weight excluding hydrogens is 226 g/mol. The van der Waals surface area contributed by atoms with Crippen molar-refractivity contribution in [2.24, 2.45) is 4.99 Å². The average Bonchev–Trinajstić information content (AvgIpc) is 2.96. The molecular formula is C13H17N5. The van der Waals surface area contributed by atoms with E-state index in [9.17, 15) is 0 Å². The summed E-state index contributed by atoms with van der Waals surface area (Å²) in [5.41, 5.74) is 2.13. The summed E-state index contributed by atoms with van der Waals surface area (Å²) < 4.78 is 0. The molecule has 0 atom stereocenters. The van der Waals surface area contributed by atoms with E-state index < -0.39 is 0 Å². The van der Waals surface area contributed by atoms with Gasteiger partial charge >= 0.3 is 0 Å². The summed E-state index contributed by atoms with van der Waals surface area (Å²) in [6.45, 7) is 2.75. The van der Waals surface area contributed by atoms with Crippen LogP contribution in [0.15, 0.2) is 29.3 Å². The average molecular weight is 243 g/mol. The number of aromatic amines is 1. The molecule has 2 aromatic rings. The molecule has 0 saturated heterocycles. The predicted octanol–water partition coefficient (Wildman–Crippen LogP) is 0.996. The summed E-state index contributed by atoms with van der Waals surface area (Å²) >= 11 is 0. The number of para-hydroxylation sites is 2. The molecule has 0 aliphatic carbocycles. The van der Waals surface area contributed by atoms with Gasteiger partial charge in [0, 0.05) is 26.6 Å². The fourth-order valence-corrected chi connectivity index (χ4v) is 2.14. The molecule has 94 valence electrons. The molecule has 3 rings (SSSR count). The number of aliphatic imine (C=N–C) groups is 1. The van der Waals surface area contributed by atoms with Gasteiger partial charge in [-0.1, -0.05) is 12.1 Å². The maximum Gasteiger partial charge on any atom is 0.193 e. The number of nitrogens with one attached hydrogen (secondary N) is 2. The molecule has 1 aliphatic heterocycles. The van der Waals surface area contributed by atoms with E-state index in [0.717, 1.165) is 48.9 Å². The van der Waals surface area contributed by atoms with Crippen LogP contribution >= 0.6 is 0 Å². The quantitative estimate of drug-likeness (QED) is 0.845. The zero-order valence-corrected chi connectivity index (χ0v) is 10.5. The van der Waals surface area contributed by atoms with Gasteiger partial charge in [0.1, 0.15) is 5.82 Å². The molecule has 0 amide bonds. The Balaban J connectivity index is 1.60. The van der Waals surface area contributed by atoms with Gasteiger partial charge in [-0.05, 0) is 12.1 Å². The number of guanidine groups is 1. The molecule has 1 aromatic heterocycles. The second kappa shape index (κ2) is 4.68. The Morgan fingerprint density at radius 2 is 2.28 bits per heavy atom. The van der Waals surface area contributed by atoms with Crippen molar-refractivity contribution in [3.05, 3.63) is 30.1 Å². The van der Waals surface area contributed by atoms with E-state index in [1.807, 2.05) is 24.3 Å². The van der Waals surface area contributed by atoms with Crippen molar-refractivity contribution >= 4 is 17.0 Å². The zero-order valence-electron chi connectivity index (χ0n) is 10.5. The summed E-state index contributed by atoms with van der Waals surface area (Å²) in [6, 6.07) is 8.10. The molecule has 2 heterocycles. The Labute approximate surface area is 106 Å². The number of nitrogens with zero attached hydrogens (tertiary/aromatic N) is 3. The highest BCUT2D eigenvalue weighted by atomic mass is 15.3. The van der Waals surface area contributed by atoms with Crippen LogP contribution in [0.4, 0.5) is 0 Å². The van der Waals surface area contributed by atoms with Crippen molar-refractivity contribution in [1.29, 1.82) is 0 Å². The smallest absolute Gasteiger partial charge is 0.193 e. The minimum absolute atomic E-state index is 0.850. The van der Waals surface area contributed by atoms with E-state index in [4.69, 9.17) is 0 Å². The lowest BCUT2D eigenvalue weighted by atomic mass is 10.3. The Hall–Kier alpha value is -2.04. The van der Waals surface area contributed by atoms with E-state index in [1.165, 1.54) is 0 Å². The lowest BCUT2D eigenvalue weighted by Gasteiger charge is -2.14. The number of likely N-dealkylation sites (N-methyl/N-ethyl adjacent to an activating group) is 1. The number of aromatic nitrogens is 2. The monoisotopic (exact) mass is 243 g/mol. The summed E-state index contributed by atoms with van der Waals surface area (Å²) in [6.07, 6.45) is 0.877. The Morgan fingerprint density at radius 1 is 1.39 bits per heavy atom. The first-order valence-corrected chi connectivity index (χ1v) is 6.26. The maximum atomic E-state index is 4.55. The molecule has 0 bridgehead atoms. The van der Waals surface area contributed by atoms with Crippen LogP contribution < -0.4 is 5.32 Å². The normalized spacial score (nSPS) is 15.2. The fourth-order valence-electron chi connectivity index (χ4n) is 2.14. The van der Waals surface area contributed by atoms with E-state index >= 15 is 0 Å². The third-order valence-corrected chi connectivity index (χ3v) is 3.14. The van der Waals surface area contributed by atoms with E-state index in [0.29, 0.717) is 0 Å². The van der Waals surface area contributed by atoms with Gasteiger partial charge in [-0.25, -0.2) is 4.98 Å². The number of hydrogen-bond acceptors (Lipinski definition) is 4. The van der Waals surface area contributed by atoms with Gasteiger partial charge in [-0.15, -0.1) is 0 Å². The fraction of sp³-hybridized carbons (Fsp3) is 0.385. The molecule has 1 aliphatic rings. The van der Waals surface area contributed by atoms with Gasteiger partial charge in [0.25, 0.3) is 0 Å². The number of H-pyrrole nitrogens is 1. The van der Waals surface area contributed by atoms with Crippen LogP contribution in [0.5, 0.6) is 0 Å². The molecule has 5 nitrogen and oxygen atoms in total. The number of fused-ring (bicyclic) bond motifs is 1. The standard InChI is InChI=1S/C13H17N5/c1-18-9-8-15-13(18)14-7-6-12-16-10-4-2-3-5-11(10)17-12/h2-5H,6-9H2,1H3,(H,14,15)(H,16,17). The van der Waals surface area contributed by atoms with E-state index in [2.05, 4.69) is 32.2 Å². The second-order valence-electron chi connectivity index (χ2n) is 4.50. The van der Waals surface area contributed by atoms with Gasteiger partial charge in [0.15, 0.2) is 5.96 Å². The first-order valence-electron chi connectivity index (χ1n) is 6.26. The minimum Gasteiger partial charge on any atom is -0.356 e. The van der Waals surface area contributed by atoms with Crippen molar-refractivity contribution in [2.75, 3.05) is 26.7 Å². The van der Waals surface area contributed by atoms with E-state index in [1.54, 1.807) is 0 Å². The molecule has 0 spiro atoms. The molecule has 2 N–H and O–H groups in total. The lowest BCUT2D eigenvalue weighted by Crippen LogP contribution is -2.36. The molecule has 0 fully saturated rings. The van der Waals surface area contributed by atoms with Crippen LogP contribution in [0.3, 0.4) is 0 Å². The molecule has 0 radical (unpaired) electrons. The predicted molar refractivity (Wildman–Crippen MR) is 72.7 cm³/mol. The number of hydrogen-bond donors (Lipinski definition) is 2. The Kier molecular flexibility index (Phi) is 2.88. The van der Waals surface area contributed by atoms with Crippen LogP contribution in [0.2, 0.25) is 0 Å². The van der Waals surface area contributed by atoms with Crippen molar-refractivity contribution < 1.29 is 0 Å². The van der Waals surface area contributed by atoms with Gasteiger partial charge in [0.2, 0.25) is 0 Å². The molecule has 0 unspecified atom stereocenters. The Morgan fingerprint density at radius 3 is 3.06 bits per heavy atom. The molecule has 18 heavy (non-hydrogen) atoms. The molecule has 1 aromatic carbocycles. The SMILES string of the molecule is CN1CCN=C1NCCc1nc2ccccc2[nH]1. The van der Waals surface area contributed by atoms with Gasteiger partial charge < -0.3 is 15.2 Å². The first-order chi connectivity index (χ1) is 8.83. The highest BCUT2D eigenvalue weighted by Crippen LogP contribution is 2.10. The number of benzene rings is 1. The third-order valence-electron chi connectivity index (χ3n) is 3.14. The highest BCUT2D eigenvalue weighted by Gasteiger charge is 2.11. The van der Waals surface area contributed by atoms with Crippen molar-refractivity contribution in [2.45, 2.75) is 6.42 Å². The summed E-state index contributed by atoms with van der Waals surface area (Å²) in [7, 11) is 2.06. The summed E-state index contributed by atoms with van der Waals surface area (Å²) in [4.78, 5) is 14.4. The van der Waals surface area contributed by atoms with Crippen molar-refractivity contribution in [1.82, 2.24) is 20.2 Å². The first kappa shape index (κ1) is 11.1. The van der Waals surface area contributed by atoms with Crippen LogP contribution in [0.25, 0.3) is 11.0 Å². The summed E-state index contributed by atoms with van der Waals surface area (Å²) in [5.74, 6) is 2.01. The minimum atomic E-state index is 0.850. The summed E-state index contributed by atoms with van der Waals surface area (Å²) in [5, 5.41) is 3.34. The third kappa shape index (κ3) is 2.16. The number of imidazole rings is 1. The molecule has 5 heteroatoms. The Bertz CT molecular complexity index is 539. The van der Waals surface area contributed by atoms with Crippen LogP contribution in [-0.4, -0.2) is 47.5 Å².